The molecule has 1 heterocycles. The van der Waals surface area contributed by atoms with Crippen molar-refractivity contribution in [2.75, 3.05) is 19.9 Å². The van der Waals surface area contributed by atoms with Crippen molar-refractivity contribution in [3.63, 3.8) is 0 Å². The lowest BCUT2D eigenvalue weighted by Crippen LogP contribution is -2.35. The maximum Gasteiger partial charge on any atom is 0.167 e. The molecule has 0 radical (unpaired) electrons. The lowest BCUT2D eigenvalue weighted by atomic mass is 9.82. The maximum absolute atomic E-state index is 10.6. The summed E-state index contributed by atoms with van der Waals surface area (Å²) >= 11 is 0. The molecule has 1 fully saturated rings. The van der Waals surface area contributed by atoms with Crippen LogP contribution in [0, 0.1) is 5.41 Å². The minimum absolute atomic E-state index is 0.0351. The van der Waals surface area contributed by atoms with Crippen molar-refractivity contribution < 1.29 is 13.8 Å². The summed E-state index contributed by atoms with van der Waals surface area (Å²) < 4.78 is 11.1. The first kappa shape index (κ1) is 12.1. The monoisotopic (exact) mass is 218 g/mol. The van der Waals surface area contributed by atoms with Gasteiger partial charge in [0.1, 0.15) is 6.29 Å². The maximum atomic E-state index is 10.6. The fourth-order valence-corrected chi connectivity index (χ4v) is 2.61. The van der Waals surface area contributed by atoms with Gasteiger partial charge < -0.3 is 13.8 Å². The number of carbonyl (C=O) groups excluding carboxylic acids is 1. The molecule has 1 aliphatic heterocycles. The van der Waals surface area contributed by atoms with Gasteiger partial charge in [-0.25, -0.2) is 0 Å². The molecule has 14 heavy (non-hydrogen) atoms. The highest BCUT2D eigenvalue weighted by Gasteiger charge is 2.35. The molecule has 0 aromatic heterocycles. The number of hydrogen-bond acceptors (Lipinski definition) is 3. The summed E-state index contributed by atoms with van der Waals surface area (Å²) in [5, 5.41) is 0. The first-order valence-corrected chi connectivity index (χ1v) is 6.78. The molecule has 1 saturated heterocycles. The molecule has 4 heteroatoms. The van der Waals surface area contributed by atoms with Crippen LogP contribution in [0.5, 0.6) is 0 Å². The van der Waals surface area contributed by atoms with E-state index < -0.39 is 8.38 Å². The Labute approximate surface area is 87.1 Å². The SMILES string of the molecule is CCCCC1(CC=O)COP(C)OC1. The van der Waals surface area contributed by atoms with Crippen LogP contribution in [-0.2, 0) is 13.8 Å². The van der Waals surface area contributed by atoms with Crippen LogP contribution in [0.3, 0.4) is 0 Å². The Bertz CT molecular complexity index is 171. The molecule has 0 aliphatic carbocycles. The van der Waals surface area contributed by atoms with E-state index in [0.717, 1.165) is 25.5 Å². The highest BCUT2D eigenvalue weighted by atomic mass is 31.2. The fourth-order valence-electron chi connectivity index (χ4n) is 1.63. The van der Waals surface area contributed by atoms with Gasteiger partial charge in [-0.05, 0) is 6.42 Å². The zero-order valence-electron chi connectivity index (χ0n) is 8.99. The molecule has 82 valence electrons. The predicted molar refractivity (Wildman–Crippen MR) is 57.4 cm³/mol. The Kier molecular flexibility index (Phi) is 5.00. The number of hydrogen-bond donors (Lipinski definition) is 0. The molecule has 1 rings (SSSR count). The molecular weight excluding hydrogens is 199 g/mol. The van der Waals surface area contributed by atoms with Crippen LogP contribution in [0.15, 0.2) is 0 Å². The standard InChI is InChI=1S/C10H19O3P/c1-3-4-5-10(6-7-11)8-12-14(2)13-9-10/h7H,3-6,8-9H2,1-2H3. The van der Waals surface area contributed by atoms with Crippen LogP contribution in [0.25, 0.3) is 0 Å². The van der Waals surface area contributed by atoms with Gasteiger partial charge in [0.05, 0.1) is 13.2 Å². The third kappa shape index (κ3) is 3.30. The van der Waals surface area contributed by atoms with Crippen LogP contribution >= 0.6 is 8.38 Å². The third-order valence-electron chi connectivity index (χ3n) is 2.68. The molecule has 0 unspecified atom stereocenters. The molecule has 0 atom stereocenters. The molecule has 3 nitrogen and oxygen atoms in total. The summed E-state index contributed by atoms with van der Waals surface area (Å²) in [4.78, 5) is 10.6. The number of carbonyl (C=O) groups is 1. The second kappa shape index (κ2) is 5.79. The molecule has 0 bridgehead atoms. The number of rotatable bonds is 5. The Morgan fingerprint density at radius 1 is 1.43 bits per heavy atom. The van der Waals surface area contributed by atoms with Gasteiger partial charge in [-0.2, -0.15) is 0 Å². The number of aldehydes is 1. The summed E-state index contributed by atoms with van der Waals surface area (Å²) in [6.07, 6.45) is 4.89. The highest BCUT2D eigenvalue weighted by molar-refractivity contribution is 7.46. The van der Waals surface area contributed by atoms with E-state index in [-0.39, 0.29) is 5.41 Å². The largest absolute Gasteiger partial charge is 0.334 e. The molecule has 0 spiro atoms. The smallest absolute Gasteiger partial charge is 0.167 e. The van der Waals surface area contributed by atoms with Gasteiger partial charge in [0.25, 0.3) is 0 Å². The van der Waals surface area contributed by atoms with Crippen LogP contribution in [0.1, 0.15) is 32.6 Å². The second-order valence-corrected chi connectivity index (χ2v) is 5.36. The van der Waals surface area contributed by atoms with Gasteiger partial charge >= 0.3 is 0 Å². The van der Waals surface area contributed by atoms with Crippen LogP contribution in [-0.4, -0.2) is 26.2 Å². The fraction of sp³-hybridized carbons (Fsp3) is 0.900. The van der Waals surface area contributed by atoms with Crippen molar-refractivity contribution in [2.45, 2.75) is 32.6 Å². The van der Waals surface area contributed by atoms with Crippen LogP contribution < -0.4 is 0 Å². The topological polar surface area (TPSA) is 35.5 Å². The average Bonchev–Trinajstić information content (AvgIpc) is 2.20. The van der Waals surface area contributed by atoms with Crippen molar-refractivity contribution in [2.24, 2.45) is 5.41 Å². The summed E-state index contributed by atoms with van der Waals surface area (Å²) in [5.74, 6) is 0. The normalized spacial score (nSPS) is 32.9. The zero-order valence-corrected chi connectivity index (χ0v) is 9.89. The third-order valence-corrected chi connectivity index (χ3v) is 3.67. The minimum atomic E-state index is -0.692. The lowest BCUT2D eigenvalue weighted by Gasteiger charge is -2.37. The molecule has 0 aromatic carbocycles. The number of unbranched alkanes of at least 4 members (excludes halogenated alkanes) is 1. The van der Waals surface area contributed by atoms with Crippen molar-refractivity contribution in [1.82, 2.24) is 0 Å². The summed E-state index contributed by atoms with van der Waals surface area (Å²) in [5.41, 5.74) is -0.0351. The van der Waals surface area contributed by atoms with Crippen molar-refractivity contribution in [1.29, 1.82) is 0 Å². The first-order chi connectivity index (χ1) is 6.72. The molecule has 0 N–H and O–H groups in total. The Balaban J connectivity index is 2.48. The summed E-state index contributed by atoms with van der Waals surface area (Å²) in [6.45, 7) is 5.49. The van der Waals surface area contributed by atoms with Gasteiger partial charge in [-0.3, -0.25) is 0 Å². The molecule has 0 saturated carbocycles. The lowest BCUT2D eigenvalue weighted by molar-refractivity contribution is -0.112. The van der Waals surface area contributed by atoms with E-state index in [2.05, 4.69) is 6.92 Å². The van der Waals surface area contributed by atoms with E-state index in [4.69, 9.17) is 9.05 Å². The van der Waals surface area contributed by atoms with Crippen LogP contribution in [0.4, 0.5) is 0 Å². The van der Waals surface area contributed by atoms with E-state index in [1.54, 1.807) is 0 Å². The van der Waals surface area contributed by atoms with Gasteiger partial charge in [0.2, 0.25) is 0 Å². The zero-order chi connectivity index (χ0) is 10.4. The molecule has 0 aromatic rings. The van der Waals surface area contributed by atoms with Crippen molar-refractivity contribution in [3.8, 4) is 0 Å². The summed E-state index contributed by atoms with van der Waals surface area (Å²) in [6, 6.07) is 0. The van der Waals surface area contributed by atoms with Gasteiger partial charge in [0.15, 0.2) is 8.38 Å². The minimum Gasteiger partial charge on any atom is -0.334 e. The van der Waals surface area contributed by atoms with E-state index >= 15 is 0 Å². The van der Waals surface area contributed by atoms with Crippen LogP contribution in [0.2, 0.25) is 0 Å². The Morgan fingerprint density at radius 2 is 2.07 bits per heavy atom. The highest BCUT2D eigenvalue weighted by Crippen LogP contribution is 2.45. The molecule has 1 aliphatic rings. The molecule has 0 amide bonds. The van der Waals surface area contributed by atoms with E-state index in [9.17, 15) is 4.79 Å². The second-order valence-electron chi connectivity index (χ2n) is 3.96. The molecular formula is C10H19O3P. The van der Waals surface area contributed by atoms with Gasteiger partial charge in [-0.1, -0.05) is 19.8 Å². The van der Waals surface area contributed by atoms with Crippen molar-refractivity contribution >= 4 is 14.7 Å². The van der Waals surface area contributed by atoms with Crippen molar-refractivity contribution in [3.05, 3.63) is 0 Å². The van der Waals surface area contributed by atoms with Gasteiger partial charge in [-0.15, -0.1) is 0 Å². The van der Waals surface area contributed by atoms with E-state index in [1.807, 2.05) is 6.66 Å². The van der Waals surface area contributed by atoms with Gasteiger partial charge in [0, 0.05) is 18.5 Å². The Morgan fingerprint density at radius 3 is 2.57 bits per heavy atom. The summed E-state index contributed by atoms with van der Waals surface area (Å²) in [7, 11) is -0.692. The predicted octanol–water partition coefficient (Wildman–Crippen LogP) is 2.74. The quantitative estimate of drug-likeness (QED) is 0.525. The van der Waals surface area contributed by atoms with E-state index in [1.165, 1.54) is 0 Å². The first-order valence-electron chi connectivity index (χ1n) is 5.15. The average molecular weight is 218 g/mol. The Hall–Kier alpha value is 0.0200. The van der Waals surface area contributed by atoms with E-state index in [0.29, 0.717) is 19.6 Å².